The third kappa shape index (κ3) is 5.39. The topological polar surface area (TPSA) is 58.5 Å². The summed E-state index contributed by atoms with van der Waals surface area (Å²) in [6.45, 7) is 6.26. The lowest BCUT2D eigenvalue weighted by Gasteiger charge is -2.12. The minimum absolute atomic E-state index is 0.634. The predicted molar refractivity (Wildman–Crippen MR) is 101 cm³/mol. The lowest BCUT2D eigenvalue weighted by Crippen LogP contribution is -2.38. The zero-order chi connectivity index (χ0) is 17.4. The molecule has 1 aromatic carbocycles. The first-order chi connectivity index (χ1) is 11.6. The van der Waals surface area contributed by atoms with Gasteiger partial charge in [0.2, 0.25) is 0 Å². The molecule has 1 aromatic heterocycles. The molecule has 0 saturated heterocycles. The third-order valence-corrected chi connectivity index (χ3v) is 4.79. The van der Waals surface area contributed by atoms with Gasteiger partial charge in [0.1, 0.15) is 5.75 Å². The summed E-state index contributed by atoms with van der Waals surface area (Å²) in [7, 11) is 1.64. The van der Waals surface area contributed by atoms with Crippen molar-refractivity contribution in [1.29, 1.82) is 0 Å². The van der Waals surface area contributed by atoms with E-state index >= 15 is 0 Å². The highest BCUT2D eigenvalue weighted by molar-refractivity contribution is 7.09. The molecule has 2 aromatic rings. The second-order valence-corrected chi connectivity index (χ2v) is 6.54. The number of halogens is 1. The van der Waals surface area contributed by atoms with E-state index in [1.165, 1.54) is 4.88 Å². The smallest absolute Gasteiger partial charge is 0.191 e. The Balaban J connectivity index is 1.90. The first-order valence-electron chi connectivity index (χ1n) is 7.87. The van der Waals surface area contributed by atoms with Crippen molar-refractivity contribution in [2.24, 2.45) is 4.99 Å². The highest BCUT2D eigenvalue weighted by Gasteiger charge is 2.04. The number of hydrogen-bond acceptors (Lipinski definition) is 4. The molecule has 0 amide bonds. The Labute approximate surface area is 152 Å². The summed E-state index contributed by atoms with van der Waals surface area (Å²) in [6.07, 6.45) is 0.812. The number of hydrogen-bond donors (Lipinski definition) is 2. The number of nitrogens with one attached hydrogen (secondary N) is 2. The average Bonchev–Trinajstić information content (AvgIpc) is 2.99. The van der Waals surface area contributed by atoms with E-state index in [-0.39, 0.29) is 0 Å². The standard InChI is InChI=1S/C17H23ClN4OS/c1-4-19-17(21-10-16-12(2)22-11-24-16)20-8-7-13-5-6-14(23-3)9-15(13)18/h5-6,9,11H,4,7-8,10H2,1-3H3,(H2,19,20,21). The van der Waals surface area contributed by atoms with Crippen LogP contribution in [-0.4, -0.2) is 31.1 Å². The maximum absolute atomic E-state index is 6.27. The van der Waals surface area contributed by atoms with Gasteiger partial charge in [0.25, 0.3) is 0 Å². The summed E-state index contributed by atoms with van der Waals surface area (Å²) in [6, 6.07) is 5.75. The van der Waals surface area contributed by atoms with Crippen molar-refractivity contribution in [2.75, 3.05) is 20.2 Å². The number of thiazole rings is 1. The van der Waals surface area contributed by atoms with Crippen LogP contribution >= 0.6 is 22.9 Å². The fourth-order valence-electron chi connectivity index (χ4n) is 2.14. The quantitative estimate of drug-likeness (QED) is 0.582. The molecule has 5 nitrogen and oxygen atoms in total. The molecule has 7 heteroatoms. The fourth-order valence-corrected chi connectivity index (χ4v) is 3.11. The highest BCUT2D eigenvalue weighted by Crippen LogP contribution is 2.22. The van der Waals surface area contributed by atoms with Crippen molar-refractivity contribution >= 4 is 28.9 Å². The van der Waals surface area contributed by atoms with Crippen LogP contribution in [0.3, 0.4) is 0 Å². The van der Waals surface area contributed by atoms with Gasteiger partial charge in [-0.05, 0) is 38.0 Å². The summed E-state index contributed by atoms with van der Waals surface area (Å²) >= 11 is 7.90. The van der Waals surface area contributed by atoms with Crippen molar-refractivity contribution < 1.29 is 4.74 Å². The molecule has 0 radical (unpaired) electrons. The Bertz CT molecular complexity index is 687. The molecule has 2 N–H and O–H groups in total. The van der Waals surface area contributed by atoms with E-state index in [2.05, 4.69) is 27.5 Å². The van der Waals surface area contributed by atoms with Crippen LogP contribution in [0.15, 0.2) is 28.7 Å². The molecular weight excluding hydrogens is 344 g/mol. The van der Waals surface area contributed by atoms with Crippen LogP contribution < -0.4 is 15.4 Å². The summed E-state index contributed by atoms with van der Waals surface area (Å²) in [4.78, 5) is 10.0. The summed E-state index contributed by atoms with van der Waals surface area (Å²) in [5.74, 6) is 1.57. The van der Waals surface area contributed by atoms with Gasteiger partial charge in [0.15, 0.2) is 5.96 Å². The normalized spacial score (nSPS) is 11.4. The van der Waals surface area contributed by atoms with Gasteiger partial charge in [-0.3, -0.25) is 0 Å². The van der Waals surface area contributed by atoms with Gasteiger partial charge in [-0.15, -0.1) is 11.3 Å². The largest absolute Gasteiger partial charge is 0.497 e. The number of ether oxygens (including phenoxy) is 1. The maximum Gasteiger partial charge on any atom is 0.191 e. The number of aromatic nitrogens is 1. The average molecular weight is 367 g/mol. The zero-order valence-electron chi connectivity index (χ0n) is 14.2. The van der Waals surface area contributed by atoms with Gasteiger partial charge in [-0.25, -0.2) is 9.98 Å². The number of aryl methyl sites for hydroxylation is 1. The first-order valence-corrected chi connectivity index (χ1v) is 9.13. The van der Waals surface area contributed by atoms with Crippen LogP contribution in [0, 0.1) is 6.92 Å². The lowest BCUT2D eigenvalue weighted by atomic mass is 10.1. The number of rotatable bonds is 7. The molecule has 0 fully saturated rings. The SMILES string of the molecule is CCNC(=NCc1scnc1C)NCCc1ccc(OC)cc1Cl. The van der Waals surface area contributed by atoms with Gasteiger partial charge in [-0.2, -0.15) is 0 Å². The Morgan fingerprint density at radius 2 is 2.21 bits per heavy atom. The summed E-state index contributed by atoms with van der Waals surface area (Å²) < 4.78 is 5.17. The van der Waals surface area contributed by atoms with Crippen molar-refractivity contribution in [3.63, 3.8) is 0 Å². The first kappa shape index (κ1) is 18.5. The van der Waals surface area contributed by atoms with Gasteiger partial charge in [0, 0.05) is 23.0 Å². The molecule has 0 unspecified atom stereocenters. The van der Waals surface area contributed by atoms with Crippen molar-refractivity contribution in [1.82, 2.24) is 15.6 Å². The second kappa shape index (κ2) is 9.49. The Kier molecular flexibility index (Phi) is 7.34. The minimum Gasteiger partial charge on any atom is -0.497 e. The molecule has 1 heterocycles. The minimum atomic E-state index is 0.634. The van der Waals surface area contributed by atoms with Crippen LogP contribution in [0.5, 0.6) is 5.75 Å². The number of nitrogens with zero attached hydrogens (tertiary/aromatic N) is 2. The predicted octanol–water partition coefficient (Wildman–Crippen LogP) is 3.41. The number of aliphatic imine (C=N–C) groups is 1. The zero-order valence-corrected chi connectivity index (χ0v) is 15.8. The number of benzene rings is 1. The molecule has 0 aliphatic heterocycles. The Morgan fingerprint density at radius 3 is 2.83 bits per heavy atom. The van der Waals surface area contributed by atoms with E-state index in [1.54, 1.807) is 18.4 Å². The molecule has 0 bridgehead atoms. The van der Waals surface area contributed by atoms with Crippen LogP contribution in [0.2, 0.25) is 5.02 Å². The molecule has 0 atom stereocenters. The van der Waals surface area contributed by atoms with Crippen molar-refractivity contribution in [2.45, 2.75) is 26.8 Å². The van der Waals surface area contributed by atoms with E-state index < -0.39 is 0 Å². The van der Waals surface area contributed by atoms with E-state index in [0.717, 1.165) is 47.5 Å². The highest BCUT2D eigenvalue weighted by atomic mass is 35.5. The summed E-state index contributed by atoms with van der Waals surface area (Å²) in [5, 5.41) is 7.31. The van der Waals surface area contributed by atoms with E-state index in [9.17, 15) is 0 Å². The van der Waals surface area contributed by atoms with Gasteiger partial charge >= 0.3 is 0 Å². The monoisotopic (exact) mass is 366 g/mol. The lowest BCUT2D eigenvalue weighted by molar-refractivity contribution is 0.414. The molecule has 0 aliphatic rings. The molecular formula is C17H23ClN4OS. The van der Waals surface area contributed by atoms with Crippen LogP contribution in [0.1, 0.15) is 23.1 Å². The Morgan fingerprint density at radius 1 is 1.38 bits per heavy atom. The van der Waals surface area contributed by atoms with Crippen LogP contribution in [0.4, 0.5) is 0 Å². The van der Waals surface area contributed by atoms with Crippen molar-refractivity contribution in [3.05, 3.63) is 44.9 Å². The fraction of sp³-hybridized carbons (Fsp3) is 0.412. The molecule has 0 spiro atoms. The van der Waals surface area contributed by atoms with E-state index in [0.29, 0.717) is 6.54 Å². The molecule has 130 valence electrons. The van der Waals surface area contributed by atoms with Gasteiger partial charge < -0.3 is 15.4 Å². The van der Waals surface area contributed by atoms with Crippen LogP contribution in [-0.2, 0) is 13.0 Å². The summed E-state index contributed by atoms with van der Waals surface area (Å²) in [5.41, 5.74) is 3.98. The van der Waals surface area contributed by atoms with Gasteiger partial charge in [0.05, 0.1) is 24.9 Å². The van der Waals surface area contributed by atoms with Crippen molar-refractivity contribution in [3.8, 4) is 5.75 Å². The van der Waals surface area contributed by atoms with Gasteiger partial charge in [-0.1, -0.05) is 17.7 Å². The van der Waals surface area contributed by atoms with E-state index in [4.69, 9.17) is 16.3 Å². The molecule has 0 saturated carbocycles. The third-order valence-electron chi connectivity index (χ3n) is 3.52. The molecule has 0 aliphatic carbocycles. The maximum atomic E-state index is 6.27. The number of methoxy groups -OCH3 is 1. The molecule has 2 rings (SSSR count). The molecule has 24 heavy (non-hydrogen) atoms. The van der Waals surface area contributed by atoms with E-state index in [1.807, 2.05) is 30.6 Å². The second-order valence-electron chi connectivity index (χ2n) is 5.19. The number of guanidine groups is 1. The van der Waals surface area contributed by atoms with Crippen LogP contribution in [0.25, 0.3) is 0 Å². The Hall–Kier alpha value is -1.79.